The molecule has 4 saturated carbocycles. The molecule has 0 radical (unpaired) electrons. The van der Waals surface area contributed by atoms with Crippen LogP contribution in [0.25, 0.3) is 0 Å². The summed E-state index contributed by atoms with van der Waals surface area (Å²) in [6.45, 7) is 16.4. The zero-order valence-corrected chi connectivity index (χ0v) is 25.6. The molecule has 0 heterocycles. The Bertz CT molecular complexity index is 1160. The minimum absolute atomic E-state index is 0.0433. The van der Waals surface area contributed by atoms with Crippen LogP contribution >= 0.6 is 0 Å². The van der Waals surface area contributed by atoms with Crippen LogP contribution in [0.4, 0.5) is 0 Å². The van der Waals surface area contributed by atoms with E-state index in [2.05, 4.69) is 60.6 Å². The van der Waals surface area contributed by atoms with Gasteiger partial charge in [0.05, 0.1) is 18.3 Å². The quantitative estimate of drug-likeness (QED) is 0.343. The molecule has 5 aliphatic rings. The molecule has 0 aliphatic heterocycles. The zero-order valence-electron chi connectivity index (χ0n) is 25.6. The summed E-state index contributed by atoms with van der Waals surface area (Å²) in [5.41, 5.74) is 1.83. The summed E-state index contributed by atoms with van der Waals surface area (Å²) in [5.74, 6) is -0.740. The largest absolute Gasteiger partial charge is 0.481 e. The zero-order chi connectivity index (χ0) is 29.5. The third kappa shape index (κ3) is 3.90. The molecule has 0 amide bonds. The average Bonchev–Trinajstić information content (AvgIpc) is 2.87. The summed E-state index contributed by atoms with van der Waals surface area (Å²) in [5, 5.41) is 19.6. The van der Waals surface area contributed by atoms with Crippen molar-refractivity contribution in [2.24, 2.45) is 50.7 Å². The summed E-state index contributed by atoms with van der Waals surface area (Å²) in [4.78, 5) is 36.4. The van der Waals surface area contributed by atoms with Gasteiger partial charge in [0, 0.05) is 5.41 Å². The molecule has 2 N–H and O–H groups in total. The minimum atomic E-state index is -0.982. The molecule has 6 nitrogen and oxygen atoms in total. The first kappa shape index (κ1) is 29.4. The number of ether oxygens (including phenoxy) is 1. The first-order valence-electron chi connectivity index (χ1n) is 15.6. The number of allylic oxidation sites excluding steroid dienone is 4. The predicted octanol–water partition coefficient (Wildman–Crippen LogP) is 7.43. The second-order valence-corrected chi connectivity index (χ2v) is 15.4. The standard InChI is InChI=1S/C34H50O6/c1-20-12-17-34(29(38)39)19-18-32(6)22(28(34)21(20)2)8-9-24-31(5)15-14-25(40-27(37)11-10-26(35)36)30(3,4)23(31)13-16-33(24,32)7/h8-9,20-21,23,25,28H,10-19H2,1-7H3,(H,35,36)(H,38,39)/t20-,21+,23?,25+,28+,31+,32-,33-,34+/m1/s1. The molecule has 0 bridgehead atoms. The predicted molar refractivity (Wildman–Crippen MR) is 153 cm³/mol. The van der Waals surface area contributed by atoms with Crippen molar-refractivity contribution in [2.45, 2.75) is 119 Å². The Morgan fingerprint density at radius 1 is 0.850 bits per heavy atom. The van der Waals surface area contributed by atoms with Gasteiger partial charge in [0.1, 0.15) is 6.10 Å². The highest BCUT2D eigenvalue weighted by molar-refractivity contribution is 5.77. The molecule has 222 valence electrons. The Balaban J connectivity index is 1.51. The fourth-order valence-corrected chi connectivity index (χ4v) is 10.8. The van der Waals surface area contributed by atoms with E-state index in [0.29, 0.717) is 17.8 Å². The van der Waals surface area contributed by atoms with E-state index in [4.69, 9.17) is 9.84 Å². The molecule has 40 heavy (non-hydrogen) atoms. The number of carbonyl (C=O) groups is 3. The SMILES string of the molecule is C[C@H]1[C@H](C)CC[C@]2(C(=O)O)CC[C@]3(C)C(=CC=C4[C@@]5(C)CC[C@H](OC(=O)CCC(=O)O)C(C)(C)C5CC[C@]43C)[C@H]12. The van der Waals surface area contributed by atoms with E-state index in [1.54, 1.807) is 0 Å². The van der Waals surface area contributed by atoms with Crippen LogP contribution in [0.3, 0.4) is 0 Å². The molecule has 4 fully saturated rings. The number of fused-ring (bicyclic) bond motifs is 7. The number of carboxylic acid groups (broad SMARTS) is 2. The van der Waals surface area contributed by atoms with Gasteiger partial charge >= 0.3 is 17.9 Å². The lowest BCUT2D eigenvalue weighted by Crippen LogP contribution is -2.62. The molecule has 1 unspecified atom stereocenters. The fraction of sp³-hybridized carbons (Fsp3) is 0.794. The van der Waals surface area contributed by atoms with Gasteiger partial charge in [-0.25, -0.2) is 0 Å². The van der Waals surface area contributed by atoms with Crippen molar-refractivity contribution in [3.05, 3.63) is 23.3 Å². The van der Waals surface area contributed by atoms with Crippen LogP contribution in [0.5, 0.6) is 0 Å². The van der Waals surface area contributed by atoms with Gasteiger partial charge in [-0.05, 0) is 91.3 Å². The lowest BCUT2D eigenvalue weighted by molar-refractivity contribution is -0.176. The van der Waals surface area contributed by atoms with Gasteiger partial charge < -0.3 is 14.9 Å². The van der Waals surface area contributed by atoms with Gasteiger partial charge in [0.2, 0.25) is 0 Å². The number of aliphatic carboxylic acids is 2. The molecule has 9 atom stereocenters. The van der Waals surface area contributed by atoms with Crippen molar-refractivity contribution in [3.63, 3.8) is 0 Å². The van der Waals surface area contributed by atoms with Crippen LogP contribution in [-0.2, 0) is 19.1 Å². The lowest BCUT2D eigenvalue weighted by Gasteiger charge is -2.68. The summed E-state index contributed by atoms with van der Waals surface area (Å²) in [7, 11) is 0. The second-order valence-electron chi connectivity index (χ2n) is 15.4. The van der Waals surface area contributed by atoms with E-state index in [-0.39, 0.29) is 46.5 Å². The van der Waals surface area contributed by atoms with E-state index in [0.717, 1.165) is 51.4 Å². The van der Waals surface area contributed by atoms with Crippen molar-refractivity contribution in [3.8, 4) is 0 Å². The van der Waals surface area contributed by atoms with Crippen LogP contribution in [0.15, 0.2) is 23.3 Å². The molecule has 0 aromatic carbocycles. The Hall–Kier alpha value is -2.11. The maximum Gasteiger partial charge on any atom is 0.310 e. The molecule has 5 rings (SSSR count). The second kappa shape index (κ2) is 9.46. The number of rotatable bonds is 5. The molecule has 0 aromatic heterocycles. The summed E-state index contributed by atoms with van der Waals surface area (Å²) in [6, 6.07) is 0. The van der Waals surface area contributed by atoms with Crippen LogP contribution in [0.1, 0.15) is 113 Å². The van der Waals surface area contributed by atoms with Crippen molar-refractivity contribution >= 4 is 17.9 Å². The topological polar surface area (TPSA) is 101 Å². The van der Waals surface area contributed by atoms with E-state index < -0.39 is 23.3 Å². The summed E-state index contributed by atoms with van der Waals surface area (Å²) in [6.07, 6.45) is 11.4. The van der Waals surface area contributed by atoms with E-state index in [1.807, 2.05) is 0 Å². The van der Waals surface area contributed by atoms with Crippen LogP contribution in [-0.4, -0.2) is 34.2 Å². The highest BCUT2D eigenvalue weighted by Crippen LogP contribution is 2.74. The molecule has 6 heteroatoms. The first-order chi connectivity index (χ1) is 18.5. The third-order valence-corrected chi connectivity index (χ3v) is 13.6. The highest BCUT2D eigenvalue weighted by Gasteiger charge is 2.68. The monoisotopic (exact) mass is 554 g/mol. The van der Waals surface area contributed by atoms with Gasteiger partial charge in [0.25, 0.3) is 0 Å². The number of carboxylic acids is 2. The maximum atomic E-state index is 12.9. The average molecular weight is 555 g/mol. The maximum absolute atomic E-state index is 12.9. The van der Waals surface area contributed by atoms with Crippen LogP contribution < -0.4 is 0 Å². The molecular weight excluding hydrogens is 504 g/mol. The van der Waals surface area contributed by atoms with Gasteiger partial charge in [-0.3, -0.25) is 14.4 Å². The van der Waals surface area contributed by atoms with Crippen molar-refractivity contribution in [2.75, 3.05) is 0 Å². The molecule has 0 saturated heterocycles. The Labute approximate surface area is 240 Å². The van der Waals surface area contributed by atoms with Crippen LogP contribution in [0.2, 0.25) is 0 Å². The minimum Gasteiger partial charge on any atom is -0.481 e. The molecule has 0 aromatic rings. The number of hydrogen-bond donors (Lipinski definition) is 2. The normalized spacial score (nSPS) is 45.4. The fourth-order valence-electron chi connectivity index (χ4n) is 10.8. The number of carbonyl (C=O) groups excluding carboxylic acids is 1. The van der Waals surface area contributed by atoms with Crippen molar-refractivity contribution in [1.29, 1.82) is 0 Å². The lowest BCUT2D eigenvalue weighted by atomic mass is 9.35. The van der Waals surface area contributed by atoms with Gasteiger partial charge in [-0.15, -0.1) is 0 Å². The van der Waals surface area contributed by atoms with Crippen molar-refractivity contribution < 1.29 is 29.3 Å². The van der Waals surface area contributed by atoms with Gasteiger partial charge in [0.15, 0.2) is 0 Å². The molecule has 5 aliphatic carbocycles. The van der Waals surface area contributed by atoms with Crippen molar-refractivity contribution in [1.82, 2.24) is 0 Å². The van der Waals surface area contributed by atoms with E-state index >= 15 is 0 Å². The summed E-state index contributed by atoms with van der Waals surface area (Å²) < 4.78 is 5.94. The molecule has 0 spiro atoms. The number of hydrogen-bond acceptors (Lipinski definition) is 4. The number of esters is 1. The smallest absolute Gasteiger partial charge is 0.310 e. The summed E-state index contributed by atoms with van der Waals surface area (Å²) >= 11 is 0. The van der Waals surface area contributed by atoms with E-state index in [1.165, 1.54) is 11.1 Å². The van der Waals surface area contributed by atoms with E-state index in [9.17, 15) is 19.5 Å². The highest BCUT2D eigenvalue weighted by atomic mass is 16.5. The van der Waals surface area contributed by atoms with Gasteiger partial charge in [-0.1, -0.05) is 71.8 Å². The Morgan fingerprint density at radius 3 is 2.20 bits per heavy atom. The Kier molecular flexibility index (Phi) is 6.95. The third-order valence-electron chi connectivity index (χ3n) is 13.6. The Morgan fingerprint density at radius 2 is 1.55 bits per heavy atom. The van der Waals surface area contributed by atoms with Crippen LogP contribution in [0, 0.1) is 50.7 Å². The van der Waals surface area contributed by atoms with Gasteiger partial charge in [-0.2, -0.15) is 0 Å². The first-order valence-corrected chi connectivity index (χ1v) is 15.6. The molecular formula is C34H50O6.